The molecule has 1 N–H and O–H groups in total. The largest absolute Gasteiger partial charge is 0.382 e. The van der Waals surface area contributed by atoms with Crippen molar-refractivity contribution in [3.8, 4) is 5.75 Å². The second-order valence-corrected chi connectivity index (χ2v) is 4.98. The summed E-state index contributed by atoms with van der Waals surface area (Å²) in [5.41, 5.74) is -0.486. The molecule has 9 heteroatoms. The number of hydrogen-bond donors (Lipinski definition) is 1. The van der Waals surface area contributed by atoms with Crippen LogP contribution in [0.2, 0.25) is 0 Å². The summed E-state index contributed by atoms with van der Waals surface area (Å²) in [6, 6.07) is 3.33. The van der Waals surface area contributed by atoms with Crippen LogP contribution in [0.1, 0.15) is 6.92 Å². The predicted octanol–water partition coefficient (Wildman–Crippen LogP) is 0.892. The van der Waals surface area contributed by atoms with Gasteiger partial charge in [-0.1, -0.05) is 0 Å². The Balaban J connectivity index is 3.19. The average Bonchev–Trinajstić information content (AvgIpc) is 2.17. The molecule has 0 aliphatic carbocycles. The highest BCUT2D eigenvalue weighted by atomic mass is 32.2. The maximum atomic E-state index is 10.9. The summed E-state index contributed by atoms with van der Waals surface area (Å²) in [6.07, 6.45) is 0.820. The zero-order valence-electron chi connectivity index (χ0n) is 9.54. The van der Waals surface area contributed by atoms with Crippen LogP contribution in [0.3, 0.4) is 0 Å². The van der Waals surface area contributed by atoms with E-state index >= 15 is 0 Å². The van der Waals surface area contributed by atoms with E-state index in [2.05, 4.69) is 9.50 Å². The SMILES string of the molecule is CC(=O)Nc1ccc(OS(C)(=O)=O)cc1[N+](=O)[O-]. The first-order valence-electron chi connectivity index (χ1n) is 4.64. The van der Waals surface area contributed by atoms with E-state index in [1.165, 1.54) is 19.1 Å². The van der Waals surface area contributed by atoms with Crippen LogP contribution in [0.15, 0.2) is 18.2 Å². The zero-order valence-corrected chi connectivity index (χ0v) is 10.4. The molecule has 0 spiro atoms. The molecule has 0 aliphatic rings. The smallest absolute Gasteiger partial charge is 0.306 e. The van der Waals surface area contributed by atoms with E-state index < -0.39 is 26.6 Å². The Morgan fingerprint density at radius 3 is 2.50 bits per heavy atom. The Morgan fingerprint density at radius 1 is 1.44 bits per heavy atom. The van der Waals surface area contributed by atoms with Crippen molar-refractivity contribution in [2.24, 2.45) is 0 Å². The molecule has 1 rings (SSSR count). The normalized spacial score (nSPS) is 10.8. The van der Waals surface area contributed by atoms with Gasteiger partial charge in [0, 0.05) is 6.92 Å². The number of nitrogens with one attached hydrogen (secondary N) is 1. The molecular formula is C9H10N2O6S. The number of rotatable bonds is 4. The third-order valence-corrected chi connectivity index (χ3v) is 2.22. The summed E-state index contributed by atoms with van der Waals surface area (Å²) in [6.45, 7) is 1.20. The van der Waals surface area contributed by atoms with E-state index in [0.29, 0.717) is 0 Å². The second-order valence-electron chi connectivity index (χ2n) is 3.40. The van der Waals surface area contributed by atoms with Crippen molar-refractivity contribution in [1.29, 1.82) is 0 Å². The van der Waals surface area contributed by atoms with E-state index in [4.69, 9.17) is 0 Å². The number of hydrogen-bond acceptors (Lipinski definition) is 6. The molecule has 0 atom stereocenters. The Hall–Kier alpha value is -2.16. The van der Waals surface area contributed by atoms with Gasteiger partial charge in [-0.25, -0.2) is 0 Å². The molecule has 1 aromatic carbocycles. The quantitative estimate of drug-likeness (QED) is 0.495. The van der Waals surface area contributed by atoms with Crippen LogP contribution in [0.25, 0.3) is 0 Å². The minimum atomic E-state index is -3.77. The van der Waals surface area contributed by atoms with Gasteiger partial charge in [0.05, 0.1) is 17.2 Å². The second kappa shape index (κ2) is 5.00. The highest BCUT2D eigenvalue weighted by Crippen LogP contribution is 2.29. The van der Waals surface area contributed by atoms with E-state index in [1.54, 1.807) is 0 Å². The van der Waals surface area contributed by atoms with E-state index in [9.17, 15) is 23.3 Å². The summed E-state index contributed by atoms with van der Waals surface area (Å²) in [7, 11) is -3.77. The van der Waals surface area contributed by atoms with Crippen molar-refractivity contribution in [2.75, 3.05) is 11.6 Å². The Labute approximate surface area is 103 Å². The molecular weight excluding hydrogens is 264 g/mol. The standard InChI is InChI=1S/C9H10N2O6S/c1-6(12)10-8-4-3-7(17-18(2,15)16)5-9(8)11(13)14/h3-5H,1-2H3,(H,10,12). The molecule has 0 heterocycles. The summed E-state index contributed by atoms with van der Waals surface area (Å²) in [5.74, 6) is -0.673. The van der Waals surface area contributed by atoms with Gasteiger partial charge in [0.25, 0.3) is 5.69 Å². The minimum Gasteiger partial charge on any atom is -0.382 e. The summed E-state index contributed by atoms with van der Waals surface area (Å²) < 4.78 is 26.3. The van der Waals surface area contributed by atoms with Crippen LogP contribution in [-0.4, -0.2) is 25.5 Å². The summed E-state index contributed by atoms with van der Waals surface area (Å²) in [4.78, 5) is 20.9. The van der Waals surface area contributed by atoms with Gasteiger partial charge in [-0.2, -0.15) is 8.42 Å². The molecule has 1 aromatic rings. The van der Waals surface area contributed by atoms with Crippen LogP contribution >= 0.6 is 0 Å². The molecule has 0 saturated carbocycles. The molecule has 18 heavy (non-hydrogen) atoms. The fraction of sp³-hybridized carbons (Fsp3) is 0.222. The molecule has 1 amide bonds. The van der Waals surface area contributed by atoms with Crippen LogP contribution in [0, 0.1) is 10.1 Å². The van der Waals surface area contributed by atoms with Crippen molar-refractivity contribution in [1.82, 2.24) is 0 Å². The number of anilines is 1. The first-order chi connectivity index (χ1) is 8.19. The van der Waals surface area contributed by atoms with Gasteiger partial charge in [0.2, 0.25) is 5.91 Å². The third kappa shape index (κ3) is 4.01. The van der Waals surface area contributed by atoms with Crippen LogP contribution in [-0.2, 0) is 14.9 Å². The monoisotopic (exact) mass is 274 g/mol. The fourth-order valence-corrected chi connectivity index (χ4v) is 1.64. The minimum absolute atomic E-state index is 0.0339. The van der Waals surface area contributed by atoms with E-state index in [-0.39, 0.29) is 11.4 Å². The van der Waals surface area contributed by atoms with Gasteiger partial charge < -0.3 is 9.50 Å². The number of amides is 1. The number of carbonyl (C=O) groups is 1. The van der Waals surface area contributed by atoms with Crippen molar-refractivity contribution in [2.45, 2.75) is 6.92 Å². The van der Waals surface area contributed by atoms with Gasteiger partial charge >= 0.3 is 10.1 Å². The molecule has 0 fully saturated rings. The van der Waals surface area contributed by atoms with Gasteiger partial charge in [-0.15, -0.1) is 0 Å². The van der Waals surface area contributed by atoms with Gasteiger partial charge in [-0.3, -0.25) is 14.9 Å². The van der Waals surface area contributed by atoms with Crippen LogP contribution < -0.4 is 9.50 Å². The van der Waals surface area contributed by atoms with Gasteiger partial charge in [0.15, 0.2) is 0 Å². The lowest BCUT2D eigenvalue weighted by Crippen LogP contribution is -2.09. The van der Waals surface area contributed by atoms with Crippen molar-refractivity contribution < 1.29 is 22.3 Å². The molecule has 0 radical (unpaired) electrons. The number of nitro groups is 1. The zero-order chi connectivity index (χ0) is 13.9. The first kappa shape index (κ1) is 13.9. The lowest BCUT2D eigenvalue weighted by molar-refractivity contribution is -0.384. The number of nitrogens with zero attached hydrogens (tertiary/aromatic N) is 1. The van der Waals surface area contributed by atoms with E-state index in [0.717, 1.165) is 12.3 Å². The Morgan fingerprint density at radius 2 is 2.06 bits per heavy atom. The molecule has 0 aromatic heterocycles. The third-order valence-electron chi connectivity index (χ3n) is 1.72. The summed E-state index contributed by atoms with van der Waals surface area (Å²) >= 11 is 0. The maximum absolute atomic E-state index is 10.9. The highest BCUT2D eigenvalue weighted by Gasteiger charge is 2.17. The lowest BCUT2D eigenvalue weighted by Gasteiger charge is -2.06. The molecule has 98 valence electrons. The molecule has 0 aliphatic heterocycles. The highest BCUT2D eigenvalue weighted by molar-refractivity contribution is 7.86. The number of nitro benzene ring substituents is 1. The van der Waals surface area contributed by atoms with Crippen LogP contribution in [0.5, 0.6) is 5.75 Å². The number of carbonyl (C=O) groups excluding carboxylic acids is 1. The Kier molecular flexibility index (Phi) is 3.86. The Bertz CT molecular complexity index is 595. The molecule has 0 saturated heterocycles. The summed E-state index contributed by atoms with van der Waals surface area (Å²) in [5, 5.41) is 13.0. The lowest BCUT2D eigenvalue weighted by atomic mass is 10.2. The average molecular weight is 274 g/mol. The maximum Gasteiger partial charge on any atom is 0.306 e. The van der Waals surface area contributed by atoms with Gasteiger partial charge in [0.1, 0.15) is 11.4 Å². The topological polar surface area (TPSA) is 116 Å². The molecule has 0 bridgehead atoms. The van der Waals surface area contributed by atoms with Crippen molar-refractivity contribution >= 4 is 27.4 Å². The predicted molar refractivity (Wildman–Crippen MR) is 62.9 cm³/mol. The van der Waals surface area contributed by atoms with E-state index in [1.807, 2.05) is 0 Å². The van der Waals surface area contributed by atoms with Crippen molar-refractivity contribution in [3.63, 3.8) is 0 Å². The molecule has 0 unspecified atom stereocenters. The number of benzene rings is 1. The van der Waals surface area contributed by atoms with Crippen molar-refractivity contribution in [3.05, 3.63) is 28.3 Å². The molecule has 8 nitrogen and oxygen atoms in total. The van der Waals surface area contributed by atoms with Crippen LogP contribution in [0.4, 0.5) is 11.4 Å². The van der Waals surface area contributed by atoms with Gasteiger partial charge in [-0.05, 0) is 12.1 Å². The fourth-order valence-electron chi connectivity index (χ4n) is 1.18. The first-order valence-corrected chi connectivity index (χ1v) is 6.46.